The Morgan fingerprint density at radius 3 is 2.68 bits per heavy atom. The summed E-state index contributed by atoms with van der Waals surface area (Å²) in [6.07, 6.45) is 0.718. The van der Waals surface area contributed by atoms with Crippen LogP contribution in [0.3, 0.4) is 0 Å². The molecular formula is C19H18F2N2OS. The first-order valence-electron chi connectivity index (χ1n) is 8.35. The van der Waals surface area contributed by atoms with Crippen molar-refractivity contribution in [3.05, 3.63) is 64.7 Å². The number of likely N-dealkylation sites (tertiary alicyclic amines) is 1. The number of aromatic nitrogens is 1. The molecule has 0 unspecified atom stereocenters. The number of aliphatic hydroxyl groups is 1. The minimum Gasteiger partial charge on any atom is -0.387 e. The SMILES string of the molecule is O[C@@H](CN1CCC[C@H]1c1nc2ccccc2s1)c1c(F)cccc1F. The molecule has 0 amide bonds. The minimum atomic E-state index is -1.20. The molecule has 2 heterocycles. The van der Waals surface area contributed by atoms with E-state index in [0.29, 0.717) is 0 Å². The van der Waals surface area contributed by atoms with Gasteiger partial charge in [-0.3, -0.25) is 4.90 Å². The fraction of sp³-hybridized carbons (Fsp3) is 0.316. The molecule has 1 aliphatic heterocycles. The van der Waals surface area contributed by atoms with Gasteiger partial charge in [0.1, 0.15) is 16.6 Å². The second-order valence-corrected chi connectivity index (χ2v) is 7.39. The summed E-state index contributed by atoms with van der Waals surface area (Å²) < 4.78 is 28.9. The Hall–Kier alpha value is -1.89. The van der Waals surface area contributed by atoms with Gasteiger partial charge in [-0.2, -0.15) is 0 Å². The number of hydrogen-bond donors (Lipinski definition) is 1. The van der Waals surface area contributed by atoms with Crippen LogP contribution in [0.5, 0.6) is 0 Å². The lowest BCUT2D eigenvalue weighted by atomic mass is 10.1. The summed E-state index contributed by atoms with van der Waals surface area (Å²) >= 11 is 1.64. The van der Waals surface area contributed by atoms with Crippen LogP contribution in [0.1, 0.15) is 35.6 Å². The molecule has 25 heavy (non-hydrogen) atoms. The number of benzene rings is 2. The van der Waals surface area contributed by atoms with E-state index in [1.807, 2.05) is 24.3 Å². The summed E-state index contributed by atoms with van der Waals surface area (Å²) in [6.45, 7) is 0.978. The fourth-order valence-corrected chi connectivity index (χ4v) is 4.64. The molecule has 2 aromatic carbocycles. The first kappa shape index (κ1) is 16.6. The molecule has 0 aliphatic carbocycles. The largest absolute Gasteiger partial charge is 0.387 e. The van der Waals surface area contributed by atoms with E-state index >= 15 is 0 Å². The Morgan fingerprint density at radius 1 is 1.16 bits per heavy atom. The van der Waals surface area contributed by atoms with Crippen LogP contribution >= 0.6 is 11.3 Å². The van der Waals surface area contributed by atoms with Gasteiger partial charge in [-0.1, -0.05) is 18.2 Å². The van der Waals surface area contributed by atoms with Crippen molar-refractivity contribution in [1.29, 1.82) is 0 Å². The average Bonchev–Trinajstić information content (AvgIpc) is 3.20. The Balaban J connectivity index is 1.57. The van der Waals surface area contributed by atoms with Crippen molar-refractivity contribution in [3.63, 3.8) is 0 Å². The quantitative estimate of drug-likeness (QED) is 0.747. The molecular weight excluding hydrogens is 342 g/mol. The van der Waals surface area contributed by atoms with Crippen molar-refractivity contribution < 1.29 is 13.9 Å². The van der Waals surface area contributed by atoms with Crippen LogP contribution in [-0.2, 0) is 0 Å². The highest BCUT2D eigenvalue weighted by atomic mass is 32.1. The predicted molar refractivity (Wildman–Crippen MR) is 94.5 cm³/mol. The normalized spacial score (nSPS) is 19.6. The van der Waals surface area contributed by atoms with Gasteiger partial charge in [-0.05, 0) is 43.7 Å². The molecule has 2 atom stereocenters. The number of thiazole rings is 1. The summed E-state index contributed by atoms with van der Waals surface area (Å²) in [4.78, 5) is 6.78. The summed E-state index contributed by atoms with van der Waals surface area (Å²) in [5.74, 6) is -1.41. The number of β-amino-alcohol motifs (C(OH)–C–C–N with tert-alkyl or cyclic N) is 1. The van der Waals surface area contributed by atoms with Crippen molar-refractivity contribution >= 4 is 21.6 Å². The summed E-state index contributed by atoms with van der Waals surface area (Å²) in [5, 5.41) is 11.4. The maximum absolute atomic E-state index is 13.9. The lowest BCUT2D eigenvalue weighted by Crippen LogP contribution is -2.29. The first-order chi connectivity index (χ1) is 12.1. The standard InChI is InChI=1S/C19H18F2N2OS/c20-12-5-3-6-13(21)18(12)16(24)11-23-10-4-8-15(23)19-22-14-7-1-2-9-17(14)25-19/h1-3,5-7,9,15-16,24H,4,8,10-11H2/t15-,16-/m0/s1. The molecule has 0 radical (unpaired) electrons. The first-order valence-corrected chi connectivity index (χ1v) is 9.16. The molecule has 3 nitrogen and oxygen atoms in total. The molecule has 3 aromatic rings. The van der Waals surface area contributed by atoms with E-state index in [4.69, 9.17) is 4.98 Å². The van der Waals surface area contributed by atoms with E-state index in [2.05, 4.69) is 4.90 Å². The third-order valence-corrected chi connectivity index (χ3v) is 5.84. The monoisotopic (exact) mass is 360 g/mol. The van der Waals surface area contributed by atoms with Crippen molar-refractivity contribution in [2.45, 2.75) is 25.0 Å². The number of para-hydroxylation sites is 1. The zero-order valence-corrected chi connectivity index (χ0v) is 14.3. The maximum atomic E-state index is 13.9. The van der Waals surface area contributed by atoms with Gasteiger partial charge in [-0.25, -0.2) is 13.8 Å². The van der Waals surface area contributed by atoms with Crippen molar-refractivity contribution in [3.8, 4) is 0 Å². The van der Waals surface area contributed by atoms with Crippen molar-refractivity contribution in [2.75, 3.05) is 13.1 Å². The molecule has 1 N–H and O–H groups in total. The highest BCUT2D eigenvalue weighted by Gasteiger charge is 2.31. The van der Waals surface area contributed by atoms with E-state index in [1.54, 1.807) is 11.3 Å². The topological polar surface area (TPSA) is 36.4 Å². The van der Waals surface area contributed by atoms with Crippen molar-refractivity contribution in [1.82, 2.24) is 9.88 Å². The van der Waals surface area contributed by atoms with Crippen LogP contribution < -0.4 is 0 Å². The van der Waals surface area contributed by atoms with Crippen LogP contribution in [0, 0.1) is 11.6 Å². The highest BCUT2D eigenvalue weighted by Crippen LogP contribution is 2.37. The molecule has 1 aliphatic rings. The third kappa shape index (κ3) is 3.17. The second kappa shape index (κ2) is 6.78. The van der Waals surface area contributed by atoms with Gasteiger partial charge in [0.15, 0.2) is 0 Å². The zero-order chi connectivity index (χ0) is 17.4. The predicted octanol–water partition coefficient (Wildman–Crippen LogP) is 4.45. The number of hydrogen-bond acceptors (Lipinski definition) is 4. The Morgan fingerprint density at radius 2 is 1.92 bits per heavy atom. The molecule has 0 saturated carbocycles. The lowest BCUT2D eigenvalue weighted by Gasteiger charge is -2.25. The summed E-state index contributed by atoms with van der Waals surface area (Å²) in [7, 11) is 0. The number of rotatable bonds is 4. The van der Waals surface area contributed by atoms with Gasteiger partial charge in [-0.15, -0.1) is 11.3 Å². The minimum absolute atomic E-state index is 0.0851. The zero-order valence-electron chi connectivity index (χ0n) is 13.5. The molecule has 0 bridgehead atoms. The molecule has 1 fully saturated rings. The van der Waals surface area contributed by atoms with E-state index in [0.717, 1.165) is 34.6 Å². The van der Waals surface area contributed by atoms with E-state index in [1.165, 1.54) is 18.2 Å². The molecule has 6 heteroatoms. The number of nitrogens with zero attached hydrogens (tertiary/aromatic N) is 2. The Kier molecular flexibility index (Phi) is 4.50. The molecule has 1 saturated heterocycles. The van der Waals surface area contributed by atoms with Crippen LogP contribution in [0.15, 0.2) is 42.5 Å². The van der Waals surface area contributed by atoms with Crippen LogP contribution in [0.4, 0.5) is 8.78 Å². The fourth-order valence-electron chi connectivity index (χ4n) is 3.50. The van der Waals surface area contributed by atoms with Crippen LogP contribution in [0.25, 0.3) is 10.2 Å². The average molecular weight is 360 g/mol. The van der Waals surface area contributed by atoms with Gasteiger partial charge >= 0.3 is 0 Å². The van der Waals surface area contributed by atoms with Crippen molar-refractivity contribution in [2.24, 2.45) is 0 Å². The number of halogens is 2. The summed E-state index contributed by atoms with van der Waals surface area (Å²) in [5.41, 5.74) is 0.715. The highest BCUT2D eigenvalue weighted by molar-refractivity contribution is 7.18. The molecule has 4 rings (SSSR count). The lowest BCUT2D eigenvalue weighted by molar-refractivity contribution is 0.100. The number of aliphatic hydroxyl groups excluding tert-OH is 1. The summed E-state index contributed by atoms with van der Waals surface area (Å²) in [6, 6.07) is 11.7. The molecule has 0 spiro atoms. The van der Waals surface area contributed by atoms with Gasteiger partial charge in [0.2, 0.25) is 0 Å². The Labute approximate surface area is 148 Å². The number of fused-ring (bicyclic) bond motifs is 1. The van der Waals surface area contributed by atoms with Crippen LogP contribution in [-0.4, -0.2) is 28.1 Å². The third-order valence-electron chi connectivity index (χ3n) is 4.70. The smallest absolute Gasteiger partial charge is 0.131 e. The van der Waals surface area contributed by atoms with E-state index in [9.17, 15) is 13.9 Å². The van der Waals surface area contributed by atoms with E-state index < -0.39 is 17.7 Å². The molecule has 130 valence electrons. The van der Waals surface area contributed by atoms with E-state index in [-0.39, 0.29) is 18.2 Å². The van der Waals surface area contributed by atoms with Gasteiger partial charge in [0.05, 0.1) is 27.9 Å². The Bertz CT molecular complexity index is 845. The molecule has 1 aromatic heterocycles. The van der Waals surface area contributed by atoms with Gasteiger partial charge in [0.25, 0.3) is 0 Å². The van der Waals surface area contributed by atoms with Crippen LogP contribution in [0.2, 0.25) is 0 Å². The van der Waals surface area contributed by atoms with Gasteiger partial charge < -0.3 is 5.11 Å². The maximum Gasteiger partial charge on any atom is 0.131 e. The van der Waals surface area contributed by atoms with Gasteiger partial charge in [0, 0.05) is 6.54 Å². The second-order valence-electron chi connectivity index (χ2n) is 6.32.